The highest BCUT2D eigenvalue weighted by molar-refractivity contribution is 5.90. The van der Waals surface area contributed by atoms with E-state index in [4.69, 9.17) is 9.47 Å². The normalized spacial score (nSPS) is 10.6. The molecule has 0 N–H and O–H groups in total. The zero-order valence-electron chi connectivity index (χ0n) is 12.4. The Morgan fingerprint density at radius 1 is 1.27 bits per heavy atom. The fourth-order valence-electron chi connectivity index (χ4n) is 2.38. The highest BCUT2D eigenvalue weighted by Crippen LogP contribution is 2.30. The first-order valence-corrected chi connectivity index (χ1v) is 7.02. The van der Waals surface area contributed by atoms with Crippen LogP contribution in [0.5, 0.6) is 5.75 Å². The van der Waals surface area contributed by atoms with Crippen molar-refractivity contribution in [3.63, 3.8) is 0 Å². The summed E-state index contributed by atoms with van der Waals surface area (Å²) in [6.07, 6.45) is 3.58. The number of benzene rings is 1. The Balaban J connectivity index is 2.11. The predicted molar refractivity (Wildman–Crippen MR) is 83.1 cm³/mol. The lowest BCUT2D eigenvalue weighted by atomic mass is 10.1. The van der Waals surface area contributed by atoms with E-state index in [9.17, 15) is 4.79 Å². The molecule has 22 heavy (non-hydrogen) atoms. The molecular weight excluding hydrogens is 280 g/mol. The SMILES string of the molecule is CCOc1ccccc1-c1cnc2cc(C(=O)OC)ccn12. The van der Waals surface area contributed by atoms with Gasteiger partial charge in [-0.1, -0.05) is 12.1 Å². The summed E-state index contributed by atoms with van der Waals surface area (Å²) in [5.74, 6) is 0.436. The Labute approximate surface area is 128 Å². The zero-order chi connectivity index (χ0) is 15.5. The Morgan fingerprint density at radius 3 is 2.86 bits per heavy atom. The Bertz CT molecular complexity index is 824. The predicted octanol–water partition coefficient (Wildman–Crippen LogP) is 3.19. The van der Waals surface area contributed by atoms with Gasteiger partial charge in [-0.05, 0) is 31.2 Å². The second-order valence-electron chi connectivity index (χ2n) is 4.71. The number of ether oxygens (including phenoxy) is 2. The lowest BCUT2D eigenvalue weighted by molar-refractivity contribution is 0.0600. The molecule has 0 saturated heterocycles. The number of methoxy groups -OCH3 is 1. The minimum absolute atomic E-state index is 0.373. The van der Waals surface area contributed by atoms with Crippen LogP contribution in [0, 0.1) is 0 Å². The van der Waals surface area contributed by atoms with Crippen LogP contribution in [0.2, 0.25) is 0 Å². The summed E-state index contributed by atoms with van der Waals surface area (Å²) >= 11 is 0. The number of aromatic nitrogens is 2. The molecule has 0 aliphatic rings. The Morgan fingerprint density at radius 2 is 2.09 bits per heavy atom. The first-order valence-electron chi connectivity index (χ1n) is 7.02. The molecule has 1 aromatic carbocycles. The monoisotopic (exact) mass is 296 g/mol. The van der Waals surface area contributed by atoms with Crippen LogP contribution in [-0.2, 0) is 4.74 Å². The van der Waals surface area contributed by atoms with Gasteiger partial charge in [-0.25, -0.2) is 9.78 Å². The number of pyridine rings is 1. The van der Waals surface area contributed by atoms with E-state index in [1.165, 1.54) is 7.11 Å². The highest BCUT2D eigenvalue weighted by atomic mass is 16.5. The van der Waals surface area contributed by atoms with Crippen LogP contribution in [0.4, 0.5) is 0 Å². The van der Waals surface area contributed by atoms with Crippen LogP contribution in [0.25, 0.3) is 16.9 Å². The maximum absolute atomic E-state index is 11.6. The molecular formula is C17H16N2O3. The molecule has 0 bridgehead atoms. The topological polar surface area (TPSA) is 52.8 Å². The summed E-state index contributed by atoms with van der Waals surface area (Å²) in [6, 6.07) is 11.2. The highest BCUT2D eigenvalue weighted by Gasteiger charge is 2.13. The summed E-state index contributed by atoms with van der Waals surface area (Å²) < 4.78 is 12.3. The van der Waals surface area contributed by atoms with Gasteiger partial charge in [-0.15, -0.1) is 0 Å². The van der Waals surface area contributed by atoms with E-state index in [0.29, 0.717) is 17.8 Å². The van der Waals surface area contributed by atoms with Crippen molar-refractivity contribution in [1.82, 2.24) is 9.38 Å². The minimum atomic E-state index is -0.373. The lowest BCUT2D eigenvalue weighted by Crippen LogP contribution is -2.02. The second kappa shape index (κ2) is 5.89. The average Bonchev–Trinajstić information content (AvgIpc) is 2.98. The fraction of sp³-hybridized carbons (Fsp3) is 0.176. The van der Waals surface area contributed by atoms with Crippen molar-refractivity contribution in [3.8, 4) is 17.0 Å². The van der Waals surface area contributed by atoms with Crippen molar-refractivity contribution >= 4 is 11.6 Å². The van der Waals surface area contributed by atoms with Crippen LogP contribution in [-0.4, -0.2) is 29.1 Å². The average molecular weight is 296 g/mol. The number of esters is 1. The first-order chi connectivity index (χ1) is 10.7. The molecule has 0 saturated carbocycles. The van der Waals surface area contributed by atoms with Crippen molar-refractivity contribution in [2.45, 2.75) is 6.92 Å². The van der Waals surface area contributed by atoms with E-state index in [1.54, 1.807) is 18.3 Å². The summed E-state index contributed by atoms with van der Waals surface area (Å²) in [5.41, 5.74) is 3.03. The molecule has 0 spiro atoms. The maximum Gasteiger partial charge on any atom is 0.338 e. The number of rotatable bonds is 4. The fourth-order valence-corrected chi connectivity index (χ4v) is 2.38. The van der Waals surface area contributed by atoms with E-state index < -0.39 is 0 Å². The van der Waals surface area contributed by atoms with Crippen molar-refractivity contribution in [1.29, 1.82) is 0 Å². The summed E-state index contributed by atoms with van der Waals surface area (Å²) in [4.78, 5) is 16.0. The molecule has 5 heteroatoms. The van der Waals surface area contributed by atoms with Crippen LogP contribution >= 0.6 is 0 Å². The van der Waals surface area contributed by atoms with Crippen LogP contribution in [0.3, 0.4) is 0 Å². The molecule has 0 amide bonds. The minimum Gasteiger partial charge on any atom is -0.493 e. The number of carbonyl (C=O) groups excluding carboxylic acids is 1. The van der Waals surface area contributed by atoms with Gasteiger partial charge >= 0.3 is 5.97 Å². The van der Waals surface area contributed by atoms with E-state index in [2.05, 4.69) is 4.98 Å². The third-order valence-electron chi connectivity index (χ3n) is 3.40. The van der Waals surface area contributed by atoms with Crippen molar-refractivity contribution in [3.05, 3.63) is 54.4 Å². The summed E-state index contributed by atoms with van der Waals surface area (Å²) in [6.45, 7) is 2.55. The molecule has 3 aromatic rings. The summed E-state index contributed by atoms with van der Waals surface area (Å²) in [5, 5.41) is 0. The molecule has 0 unspecified atom stereocenters. The smallest absolute Gasteiger partial charge is 0.338 e. The number of imidazole rings is 1. The molecule has 112 valence electrons. The van der Waals surface area contributed by atoms with Gasteiger partial charge in [0.25, 0.3) is 0 Å². The van der Waals surface area contributed by atoms with Gasteiger partial charge in [-0.3, -0.25) is 4.40 Å². The largest absolute Gasteiger partial charge is 0.493 e. The summed E-state index contributed by atoms with van der Waals surface area (Å²) in [7, 11) is 1.36. The van der Waals surface area contributed by atoms with Crippen LogP contribution in [0.15, 0.2) is 48.8 Å². The number of hydrogen-bond donors (Lipinski definition) is 0. The molecule has 0 radical (unpaired) electrons. The van der Waals surface area contributed by atoms with E-state index in [-0.39, 0.29) is 5.97 Å². The molecule has 5 nitrogen and oxygen atoms in total. The van der Waals surface area contributed by atoms with Crippen molar-refractivity contribution < 1.29 is 14.3 Å². The first kappa shape index (κ1) is 14.1. The van der Waals surface area contributed by atoms with Gasteiger partial charge < -0.3 is 9.47 Å². The van der Waals surface area contributed by atoms with Crippen LogP contribution in [0.1, 0.15) is 17.3 Å². The lowest BCUT2D eigenvalue weighted by Gasteiger charge is -2.09. The van der Waals surface area contributed by atoms with Crippen LogP contribution < -0.4 is 4.74 Å². The molecule has 0 aliphatic heterocycles. The number of carbonyl (C=O) groups is 1. The van der Waals surface area contributed by atoms with Gasteiger partial charge in [-0.2, -0.15) is 0 Å². The quantitative estimate of drug-likeness (QED) is 0.694. The van der Waals surface area contributed by atoms with Gasteiger partial charge in [0.2, 0.25) is 0 Å². The van der Waals surface area contributed by atoms with Gasteiger partial charge in [0.05, 0.1) is 31.2 Å². The maximum atomic E-state index is 11.6. The second-order valence-corrected chi connectivity index (χ2v) is 4.71. The molecule has 2 aromatic heterocycles. The van der Waals surface area contributed by atoms with E-state index in [1.807, 2.05) is 41.8 Å². The van der Waals surface area contributed by atoms with Gasteiger partial charge in [0.15, 0.2) is 0 Å². The van der Waals surface area contributed by atoms with Gasteiger partial charge in [0.1, 0.15) is 11.4 Å². The molecule has 0 atom stereocenters. The number of para-hydroxylation sites is 1. The van der Waals surface area contributed by atoms with E-state index >= 15 is 0 Å². The van der Waals surface area contributed by atoms with Crippen molar-refractivity contribution in [2.75, 3.05) is 13.7 Å². The Kier molecular flexibility index (Phi) is 3.78. The number of nitrogens with zero attached hydrogens (tertiary/aromatic N) is 2. The Hall–Kier alpha value is -2.82. The van der Waals surface area contributed by atoms with Crippen molar-refractivity contribution in [2.24, 2.45) is 0 Å². The standard InChI is InChI=1S/C17H16N2O3/c1-3-22-15-7-5-4-6-13(15)14-11-18-16-10-12(17(20)21-2)8-9-19(14)16/h4-11H,3H2,1-2H3. The third-order valence-corrected chi connectivity index (χ3v) is 3.40. The molecule has 0 fully saturated rings. The number of hydrogen-bond acceptors (Lipinski definition) is 4. The van der Waals surface area contributed by atoms with E-state index in [0.717, 1.165) is 17.0 Å². The molecule has 2 heterocycles. The van der Waals surface area contributed by atoms with Gasteiger partial charge in [0, 0.05) is 11.8 Å². The third kappa shape index (κ3) is 2.41. The zero-order valence-corrected chi connectivity index (χ0v) is 12.4. The number of fused-ring (bicyclic) bond motifs is 1. The molecule has 3 rings (SSSR count). The molecule has 0 aliphatic carbocycles.